The maximum Gasteiger partial charge on any atom is 0.133 e. The van der Waals surface area contributed by atoms with Crippen molar-refractivity contribution in [3.05, 3.63) is 65.7 Å². The van der Waals surface area contributed by atoms with E-state index in [9.17, 15) is 0 Å². The fourth-order valence-electron chi connectivity index (χ4n) is 2.64. The van der Waals surface area contributed by atoms with Crippen molar-refractivity contribution in [2.45, 2.75) is 13.1 Å². The number of hydrogen-bond donors (Lipinski definition) is 0. The van der Waals surface area contributed by atoms with Crippen LogP contribution in [0, 0.1) is 0 Å². The number of benzene rings is 2. The number of rotatable bonds is 1. The van der Waals surface area contributed by atoms with Gasteiger partial charge in [-0.1, -0.05) is 42.5 Å². The van der Waals surface area contributed by atoms with E-state index < -0.39 is 0 Å². The molecular formula is C15H16IN. The molecule has 2 aromatic rings. The third-order valence-electron chi connectivity index (χ3n) is 3.54. The lowest BCUT2D eigenvalue weighted by Gasteiger charge is -2.28. The Hall–Kier alpha value is -0.870. The van der Waals surface area contributed by atoms with Crippen LogP contribution < -0.4 is 28.5 Å². The second-order valence-electron chi connectivity index (χ2n) is 4.82. The van der Waals surface area contributed by atoms with Crippen LogP contribution in [0.25, 0.3) is 0 Å². The summed E-state index contributed by atoms with van der Waals surface area (Å²) in [6.45, 7) is 2.22. The molecule has 0 amide bonds. The Morgan fingerprint density at radius 1 is 0.765 bits per heavy atom. The lowest BCUT2D eigenvalue weighted by Crippen LogP contribution is -3.00. The summed E-state index contributed by atoms with van der Waals surface area (Å²) in [5.41, 5.74) is 4.39. The molecule has 0 fully saturated rings. The van der Waals surface area contributed by atoms with Gasteiger partial charge in [-0.15, -0.1) is 0 Å². The number of quaternary nitrogens is 1. The van der Waals surface area contributed by atoms with Crippen molar-refractivity contribution < 1.29 is 24.0 Å². The molecule has 1 aliphatic rings. The lowest BCUT2D eigenvalue weighted by atomic mass is 10.1. The first-order valence-electron chi connectivity index (χ1n) is 5.75. The number of para-hydroxylation sites is 1. The van der Waals surface area contributed by atoms with E-state index in [1.54, 1.807) is 0 Å². The summed E-state index contributed by atoms with van der Waals surface area (Å²) in [7, 11) is 2.31. The Balaban J connectivity index is 0.00000108. The average Bonchev–Trinajstić information content (AvgIpc) is 2.68. The Bertz CT molecular complexity index is 482. The molecule has 88 valence electrons. The Morgan fingerprint density at radius 2 is 1.24 bits per heavy atom. The van der Waals surface area contributed by atoms with E-state index in [0.29, 0.717) is 0 Å². The van der Waals surface area contributed by atoms with Crippen LogP contribution in [-0.2, 0) is 13.1 Å². The monoisotopic (exact) mass is 337 g/mol. The van der Waals surface area contributed by atoms with Gasteiger partial charge < -0.3 is 24.0 Å². The highest BCUT2D eigenvalue weighted by molar-refractivity contribution is 5.47. The third kappa shape index (κ3) is 2.24. The molecule has 2 aromatic carbocycles. The number of fused-ring (bicyclic) bond motifs is 1. The molecule has 0 aromatic heterocycles. The Labute approximate surface area is 120 Å². The van der Waals surface area contributed by atoms with Gasteiger partial charge in [0.05, 0.1) is 7.05 Å². The van der Waals surface area contributed by atoms with Crippen LogP contribution in [0.4, 0.5) is 5.69 Å². The van der Waals surface area contributed by atoms with Gasteiger partial charge in [-0.25, -0.2) is 0 Å². The Morgan fingerprint density at radius 3 is 1.76 bits per heavy atom. The predicted molar refractivity (Wildman–Crippen MR) is 68.0 cm³/mol. The summed E-state index contributed by atoms with van der Waals surface area (Å²) in [4.78, 5) is 0. The van der Waals surface area contributed by atoms with E-state index in [4.69, 9.17) is 0 Å². The van der Waals surface area contributed by atoms with Crippen LogP contribution in [0.15, 0.2) is 54.6 Å². The van der Waals surface area contributed by atoms with Crippen LogP contribution in [0.1, 0.15) is 11.1 Å². The fraction of sp³-hybridized carbons (Fsp3) is 0.200. The van der Waals surface area contributed by atoms with E-state index >= 15 is 0 Å². The highest BCUT2D eigenvalue weighted by Gasteiger charge is 2.33. The topological polar surface area (TPSA) is 0 Å². The van der Waals surface area contributed by atoms with E-state index in [2.05, 4.69) is 61.6 Å². The number of nitrogens with zero attached hydrogens (tertiary/aromatic N) is 1. The molecule has 0 N–H and O–H groups in total. The summed E-state index contributed by atoms with van der Waals surface area (Å²) >= 11 is 0. The van der Waals surface area contributed by atoms with Gasteiger partial charge in [-0.05, 0) is 12.1 Å². The summed E-state index contributed by atoms with van der Waals surface area (Å²) in [5.74, 6) is 0. The fourth-order valence-corrected chi connectivity index (χ4v) is 2.64. The van der Waals surface area contributed by atoms with Crippen molar-refractivity contribution in [1.82, 2.24) is 4.48 Å². The zero-order valence-electron chi connectivity index (χ0n) is 9.94. The summed E-state index contributed by atoms with van der Waals surface area (Å²) in [6, 6.07) is 19.6. The van der Waals surface area contributed by atoms with Crippen LogP contribution in [0.3, 0.4) is 0 Å². The molecule has 0 spiro atoms. The van der Waals surface area contributed by atoms with Crippen molar-refractivity contribution in [3.63, 3.8) is 0 Å². The molecule has 0 aliphatic carbocycles. The maximum absolute atomic E-state index is 2.31. The van der Waals surface area contributed by atoms with Gasteiger partial charge in [0.15, 0.2) is 0 Å². The van der Waals surface area contributed by atoms with Gasteiger partial charge in [0.1, 0.15) is 18.8 Å². The lowest BCUT2D eigenvalue weighted by molar-refractivity contribution is -0.00000340. The van der Waals surface area contributed by atoms with Crippen LogP contribution >= 0.6 is 0 Å². The van der Waals surface area contributed by atoms with Gasteiger partial charge in [-0.3, -0.25) is 4.48 Å². The molecule has 17 heavy (non-hydrogen) atoms. The highest BCUT2D eigenvalue weighted by Crippen LogP contribution is 2.33. The van der Waals surface area contributed by atoms with Gasteiger partial charge >= 0.3 is 0 Å². The van der Waals surface area contributed by atoms with Gasteiger partial charge in [0.25, 0.3) is 0 Å². The zero-order chi connectivity index (χ0) is 11.0. The highest BCUT2D eigenvalue weighted by atomic mass is 127. The minimum atomic E-state index is 0. The first kappa shape index (κ1) is 12.6. The normalized spacial score (nSPS) is 16.1. The first-order chi connectivity index (χ1) is 7.78. The summed E-state index contributed by atoms with van der Waals surface area (Å²) in [5, 5.41) is 0. The van der Waals surface area contributed by atoms with Crippen molar-refractivity contribution in [1.29, 1.82) is 0 Å². The van der Waals surface area contributed by atoms with E-state index in [-0.39, 0.29) is 24.0 Å². The first-order valence-corrected chi connectivity index (χ1v) is 5.75. The van der Waals surface area contributed by atoms with Crippen molar-refractivity contribution >= 4 is 5.69 Å². The zero-order valence-corrected chi connectivity index (χ0v) is 12.1. The standard InChI is InChI=1S/C15H16N.HI/c1-16(15-9-3-2-4-10-15)11-13-7-5-6-8-14(13)12-16;/h2-10H,11-12H2,1H3;1H/q+1;/p-1. The maximum atomic E-state index is 2.31. The van der Waals surface area contributed by atoms with Crippen molar-refractivity contribution in [2.24, 2.45) is 0 Å². The Kier molecular flexibility index (Phi) is 3.54. The van der Waals surface area contributed by atoms with Crippen LogP contribution in [0.5, 0.6) is 0 Å². The number of halogens is 1. The molecule has 1 heterocycles. The molecule has 2 heteroatoms. The van der Waals surface area contributed by atoms with Crippen LogP contribution in [0.2, 0.25) is 0 Å². The molecule has 0 radical (unpaired) electrons. The van der Waals surface area contributed by atoms with E-state index in [1.807, 2.05) is 0 Å². The largest absolute Gasteiger partial charge is 1.00 e. The quantitative estimate of drug-likeness (QED) is 0.520. The van der Waals surface area contributed by atoms with Gasteiger partial charge in [0, 0.05) is 11.1 Å². The van der Waals surface area contributed by atoms with Gasteiger partial charge in [-0.2, -0.15) is 0 Å². The molecule has 3 rings (SSSR count). The van der Waals surface area contributed by atoms with Crippen molar-refractivity contribution in [2.75, 3.05) is 7.05 Å². The second-order valence-corrected chi connectivity index (χ2v) is 4.82. The minimum absolute atomic E-state index is 0. The molecule has 0 unspecified atom stereocenters. The third-order valence-corrected chi connectivity index (χ3v) is 3.54. The smallest absolute Gasteiger partial charge is 0.133 e. The summed E-state index contributed by atoms with van der Waals surface area (Å²) in [6.07, 6.45) is 0. The second kappa shape index (κ2) is 4.78. The molecule has 1 nitrogen and oxygen atoms in total. The average molecular weight is 337 g/mol. The molecule has 0 saturated heterocycles. The van der Waals surface area contributed by atoms with E-state index in [1.165, 1.54) is 16.8 Å². The number of hydrogen-bond acceptors (Lipinski definition) is 0. The van der Waals surface area contributed by atoms with Crippen LogP contribution in [-0.4, -0.2) is 7.05 Å². The SMILES string of the molecule is C[N+]1(c2ccccc2)Cc2ccccc2C1.[I-]. The van der Waals surface area contributed by atoms with E-state index in [0.717, 1.165) is 17.6 Å². The molecule has 0 bridgehead atoms. The van der Waals surface area contributed by atoms with Gasteiger partial charge in [0.2, 0.25) is 0 Å². The van der Waals surface area contributed by atoms with Crippen molar-refractivity contribution in [3.8, 4) is 0 Å². The predicted octanol–water partition coefficient (Wildman–Crippen LogP) is 0.341. The molecular weight excluding hydrogens is 321 g/mol. The molecule has 0 atom stereocenters. The summed E-state index contributed by atoms with van der Waals surface area (Å²) < 4.78 is 1.00. The molecule has 0 saturated carbocycles. The molecule has 1 aliphatic heterocycles. The minimum Gasteiger partial charge on any atom is -1.00 e.